The van der Waals surface area contributed by atoms with Crippen molar-refractivity contribution in [3.05, 3.63) is 43.2 Å². The number of ether oxygens (including phenoxy) is 1. The number of hydrogen-bond donors (Lipinski definition) is 1. The second-order valence-electron chi connectivity index (χ2n) is 7.13. The summed E-state index contributed by atoms with van der Waals surface area (Å²) in [6.45, 7) is -2.71. The molecule has 4 aromatic heterocycles. The molecule has 8 nitrogen and oxygen atoms in total. The van der Waals surface area contributed by atoms with Crippen LogP contribution in [0.5, 0.6) is 0 Å². The van der Waals surface area contributed by atoms with Gasteiger partial charge >= 0.3 is 6.61 Å². The fraction of sp³-hybridized carbons (Fsp3) is 0.368. The summed E-state index contributed by atoms with van der Waals surface area (Å²) in [5.41, 5.74) is 2.79. The number of nitrogens with zero attached hydrogens (tertiary/aromatic N) is 6. The second kappa shape index (κ2) is 7.36. The average molecular weight is 399 g/mol. The van der Waals surface area contributed by atoms with Crippen molar-refractivity contribution in [2.24, 2.45) is 0 Å². The zero-order valence-corrected chi connectivity index (χ0v) is 15.4. The largest absolute Gasteiger partial charge is 0.350 e. The van der Waals surface area contributed by atoms with Crippen LogP contribution >= 0.6 is 0 Å². The zero-order chi connectivity index (χ0) is 19.8. The molecule has 4 aromatic rings. The van der Waals surface area contributed by atoms with Crippen LogP contribution in [0.2, 0.25) is 0 Å². The molecular formula is C19H19F2N7O. The lowest BCUT2D eigenvalue weighted by Gasteiger charge is -2.28. The average Bonchev–Trinajstić information content (AvgIpc) is 3.35. The maximum absolute atomic E-state index is 12.3. The van der Waals surface area contributed by atoms with Crippen molar-refractivity contribution in [2.45, 2.75) is 44.4 Å². The fourth-order valence-electron chi connectivity index (χ4n) is 3.84. The molecule has 0 bridgehead atoms. The van der Waals surface area contributed by atoms with E-state index in [9.17, 15) is 8.78 Å². The van der Waals surface area contributed by atoms with Gasteiger partial charge in [-0.15, -0.1) is 5.10 Å². The van der Waals surface area contributed by atoms with Crippen LogP contribution in [0.3, 0.4) is 0 Å². The molecule has 5 rings (SSSR count). The fourth-order valence-corrected chi connectivity index (χ4v) is 3.84. The first-order valence-electron chi connectivity index (χ1n) is 9.49. The van der Waals surface area contributed by atoms with Crippen molar-refractivity contribution in [2.75, 3.05) is 5.32 Å². The number of alkyl halides is 2. The minimum atomic E-state index is -2.71. The van der Waals surface area contributed by atoms with Gasteiger partial charge in [0.2, 0.25) is 11.7 Å². The van der Waals surface area contributed by atoms with E-state index in [-0.39, 0.29) is 12.1 Å². The number of rotatable bonds is 5. The van der Waals surface area contributed by atoms with E-state index in [1.165, 1.54) is 0 Å². The molecule has 1 N–H and O–H groups in total. The van der Waals surface area contributed by atoms with Crippen LogP contribution in [0.15, 0.2) is 43.2 Å². The van der Waals surface area contributed by atoms with E-state index >= 15 is 0 Å². The van der Waals surface area contributed by atoms with E-state index in [4.69, 9.17) is 0 Å². The van der Waals surface area contributed by atoms with Gasteiger partial charge in [-0.2, -0.15) is 8.78 Å². The number of fused-ring (bicyclic) bond motifs is 2. The molecule has 0 radical (unpaired) electrons. The monoisotopic (exact) mass is 399 g/mol. The van der Waals surface area contributed by atoms with Crippen LogP contribution in [0, 0.1) is 0 Å². The van der Waals surface area contributed by atoms with E-state index in [0.29, 0.717) is 24.6 Å². The first-order valence-corrected chi connectivity index (χ1v) is 9.49. The molecule has 1 aliphatic rings. The van der Waals surface area contributed by atoms with E-state index < -0.39 is 6.61 Å². The van der Waals surface area contributed by atoms with E-state index in [1.54, 1.807) is 23.1 Å². The molecule has 1 aliphatic carbocycles. The lowest BCUT2D eigenvalue weighted by molar-refractivity contribution is -0.169. The summed E-state index contributed by atoms with van der Waals surface area (Å²) in [6.07, 6.45) is 13.3. The maximum atomic E-state index is 12.3. The van der Waals surface area contributed by atoms with Crippen LogP contribution in [0.25, 0.3) is 22.4 Å². The summed E-state index contributed by atoms with van der Waals surface area (Å²) >= 11 is 0. The molecule has 10 heteroatoms. The first-order chi connectivity index (χ1) is 14.2. The van der Waals surface area contributed by atoms with Crippen LogP contribution in [-0.2, 0) is 4.74 Å². The van der Waals surface area contributed by atoms with Crippen molar-refractivity contribution in [3.63, 3.8) is 0 Å². The summed E-state index contributed by atoms with van der Waals surface area (Å²) in [4.78, 5) is 13.0. The summed E-state index contributed by atoms with van der Waals surface area (Å²) in [6, 6.07) is 2.12. The Bertz CT molecular complexity index is 1130. The molecule has 0 atom stereocenters. The minimum Gasteiger partial charge on any atom is -0.350 e. The summed E-state index contributed by atoms with van der Waals surface area (Å²) in [5.74, 6) is 1.16. The molecule has 0 aromatic carbocycles. The molecule has 1 fully saturated rings. The van der Waals surface area contributed by atoms with Crippen LogP contribution < -0.4 is 5.32 Å². The highest BCUT2D eigenvalue weighted by molar-refractivity contribution is 5.79. The Morgan fingerprint density at radius 1 is 1.07 bits per heavy atom. The Balaban J connectivity index is 1.32. The van der Waals surface area contributed by atoms with Crippen molar-refractivity contribution < 1.29 is 13.5 Å². The van der Waals surface area contributed by atoms with Gasteiger partial charge in [0.25, 0.3) is 0 Å². The lowest BCUT2D eigenvalue weighted by atomic mass is 9.93. The van der Waals surface area contributed by atoms with Gasteiger partial charge in [0.05, 0.1) is 17.8 Å². The van der Waals surface area contributed by atoms with Gasteiger partial charge in [0.1, 0.15) is 0 Å². The minimum absolute atomic E-state index is 0.146. The standard InChI is InChI=1S/C19H19F2N7O/c20-17(21)29-14-3-1-13(2-4-14)25-18-23-10-16-15(5-7-28(16)26-18)12-9-24-19-22-6-8-27(19)11-12/h5-11,13-14,17H,1-4H2,(H,25,26)/t13-,14+. The number of halogens is 2. The number of imidazole rings is 1. The third kappa shape index (κ3) is 3.63. The molecule has 1 saturated carbocycles. The summed E-state index contributed by atoms with van der Waals surface area (Å²) < 4.78 is 32.9. The van der Waals surface area contributed by atoms with Gasteiger partial charge in [-0.25, -0.2) is 19.5 Å². The molecule has 0 saturated heterocycles. The van der Waals surface area contributed by atoms with Gasteiger partial charge in [-0.3, -0.25) is 4.40 Å². The van der Waals surface area contributed by atoms with Gasteiger partial charge < -0.3 is 10.1 Å². The van der Waals surface area contributed by atoms with Crippen molar-refractivity contribution >= 4 is 17.2 Å². The van der Waals surface area contributed by atoms with Crippen molar-refractivity contribution in [1.29, 1.82) is 0 Å². The second-order valence-corrected chi connectivity index (χ2v) is 7.13. The topological polar surface area (TPSA) is 81.6 Å². The number of nitrogens with one attached hydrogen (secondary N) is 1. The Hall–Kier alpha value is -3.14. The van der Waals surface area contributed by atoms with Gasteiger partial charge in [-0.1, -0.05) is 0 Å². The maximum Gasteiger partial charge on any atom is 0.345 e. The normalized spacial score (nSPS) is 20.0. The van der Waals surface area contributed by atoms with Gasteiger partial charge in [-0.05, 0) is 31.7 Å². The Morgan fingerprint density at radius 2 is 1.93 bits per heavy atom. The molecule has 0 amide bonds. The molecule has 4 heterocycles. The van der Waals surface area contributed by atoms with E-state index in [0.717, 1.165) is 29.5 Å². The van der Waals surface area contributed by atoms with E-state index in [1.807, 2.05) is 29.1 Å². The van der Waals surface area contributed by atoms with Gasteiger partial charge in [0, 0.05) is 48.2 Å². The lowest BCUT2D eigenvalue weighted by Crippen LogP contribution is -2.31. The highest BCUT2D eigenvalue weighted by Gasteiger charge is 2.24. The Morgan fingerprint density at radius 3 is 2.76 bits per heavy atom. The number of aromatic nitrogens is 6. The predicted molar refractivity (Wildman–Crippen MR) is 102 cm³/mol. The molecular weight excluding hydrogens is 380 g/mol. The first kappa shape index (κ1) is 17.9. The third-order valence-electron chi connectivity index (χ3n) is 5.28. The van der Waals surface area contributed by atoms with Crippen LogP contribution in [-0.4, -0.2) is 47.7 Å². The molecule has 29 heavy (non-hydrogen) atoms. The number of hydrogen-bond acceptors (Lipinski definition) is 6. The quantitative estimate of drug-likeness (QED) is 0.554. The van der Waals surface area contributed by atoms with Gasteiger partial charge in [0.15, 0.2) is 0 Å². The zero-order valence-electron chi connectivity index (χ0n) is 15.4. The molecule has 0 unspecified atom stereocenters. The molecule has 0 spiro atoms. The predicted octanol–water partition coefficient (Wildman–Crippen LogP) is 3.40. The van der Waals surface area contributed by atoms with Crippen LogP contribution in [0.1, 0.15) is 25.7 Å². The molecule has 0 aliphatic heterocycles. The molecule has 150 valence electrons. The summed E-state index contributed by atoms with van der Waals surface area (Å²) in [7, 11) is 0. The number of anilines is 1. The van der Waals surface area contributed by atoms with Crippen molar-refractivity contribution in [3.8, 4) is 11.1 Å². The Labute approximate surface area is 164 Å². The Kier molecular flexibility index (Phi) is 4.55. The smallest absolute Gasteiger partial charge is 0.345 e. The van der Waals surface area contributed by atoms with Crippen molar-refractivity contribution in [1.82, 2.24) is 29.0 Å². The van der Waals surface area contributed by atoms with Crippen LogP contribution in [0.4, 0.5) is 14.7 Å². The highest BCUT2D eigenvalue weighted by Crippen LogP contribution is 2.27. The third-order valence-corrected chi connectivity index (χ3v) is 5.28. The SMILES string of the molecule is FC(F)O[C@H]1CC[C@@H](Nc2ncc3c(-c4cnc5nccn5c4)ccn3n2)CC1. The summed E-state index contributed by atoms with van der Waals surface area (Å²) in [5, 5.41) is 7.84. The highest BCUT2D eigenvalue weighted by atomic mass is 19.3. The van der Waals surface area contributed by atoms with E-state index in [2.05, 4.69) is 30.1 Å².